The lowest BCUT2D eigenvalue weighted by atomic mass is 9.96. The number of fused-ring (bicyclic) bond motifs is 1. The minimum absolute atomic E-state index is 0.156. The van der Waals surface area contributed by atoms with E-state index in [-0.39, 0.29) is 12.8 Å². The summed E-state index contributed by atoms with van der Waals surface area (Å²) in [5.74, 6) is 0.126. The summed E-state index contributed by atoms with van der Waals surface area (Å²) < 4.78 is 52.1. The summed E-state index contributed by atoms with van der Waals surface area (Å²) in [5.41, 5.74) is 4.92. The molecule has 8 nitrogen and oxygen atoms in total. The molecule has 0 radical (unpaired) electrons. The predicted octanol–water partition coefficient (Wildman–Crippen LogP) is 5.85. The monoisotopic (exact) mass is 554 g/mol. The minimum atomic E-state index is -4.11. The molecule has 0 saturated carbocycles. The van der Waals surface area contributed by atoms with Gasteiger partial charge in [-0.05, 0) is 57.1 Å². The van der Waals surface area contributed by atoms with Crippen LogP contribution in [0.25, 0.3) is 22.3 Å². The van der Waals surface area contributed by atoms with E-state index < -0.39 is 12.1 Å². The number of likely N-dealkylation sites (tertiary alicyclic amines) is 1. The van der Waals surface area contributed by atoms with Gasteiger partial charge in [0.05, 0.1) is 49.3 Å². The summed E-state index contributed by atoms with van der Waals surface area (Å²) >= 11 is 0. The number of methoxy groups -OCH3 is 2. The smallest absolute Gasteiger partial charge is 0.391 e. The minimum Gasteiger partial charge on any atom is -0.497 e. The van der Waals surface area contributed by atoms with Gasteiger partial charge in [0.25, 0.3) is 0 Å². The number of benzene rings is 2. The zero-order chi connectivity index (χ0) is 28.3. The summed E-state index contributed by atoms with van der Waals surface area (Å²) in [7, 11) is 5.08. The Morgan fingerprint density at radius 3 is 2.30 bits per heavy atom. The highest BCUT2D eigenvalue weighted by Gasteiger charge is 2.40. The van der Waals surface area contributed by atoms with E-state index in [1.54, 1.807) is 31.3 Å². The van der Waals surface area contributed by atoms with E-state index in [0.29, 0.717) is 37.7 Å². The van der Waals surface area contributed by atoms with Crippen LogP contribution in [0.4, 0.5) is 24.5 Å². The summed E-state index contributed by atoms with van der Waals surface area (Å²) in [6.07, 6.45) is 2.36. The molecule has 0 bridgehead atoms. The van der Waals surface area contributed by atoms with Gasteiger partial charge in [-0.1, -0.05) is 0 Å². The number of piperidine rings is 1. The van der Waals surface area contributed by atoms with Crippen LogP contribution in [0, 0.1) is 5.92 Å². The highest BCUT2D eigenvalue weighted by Crippen LogP contribution is 2.36. The van der Waals surface area contributed by atoms with Crippen molar-refractivity contribution in [2.45, 2.75) is 25.4 Å². The van der Waals surface area contributed by atoms with E-state index in [4.69, 9.17) is 14.5 Å². The number of ether oxygens (including phenoxy) is 2. The maximum atomic E-state index is 13.1. The number of anilines is 2. The van der Waals surface area contributed by atoms with E-state index in [1.165, 1.54) is 0 Å². The van der Waals surface area contributed by atoms with Crippen molar-refractivity contribution < 1.29 is 22.6 Å². The molecule has 2 aromatic heterocycles. The van der Waals surface area contributed by atoms with Crippen LogP contribution in [0.15, 0.2) is 55.0 Å². The normalized spacial score (nSPS) is 14.9. The zero-order valence-electron chi connectivity index (χ0n) is 22.9. The lowest BCUT2D eigenvalue weighted by molar-refractivity contribution is -0.185. The van der Waals surface area contributed by atoms with Gasteiger partial charge in [0, 0.05) is 54.9 Å². The number of halogens is 3. The Hall–Kier alpha value is -3.86. The van der Waals surface area contributed by atoms with Crippen molar-refractivity contribution in [1.29, 1.82) is 0 Å². The average molecular weight is 555 g/mol. The van der Waals surface area contributed by atoms with Crippen molar-refractivity contribution in [3.63, 3.8) is 0 Å². The van der Waals surface area contributed by atoms with Crippen LogP contribution in [0.1, 0.15) is 19.3 Å². The van der Waals surface area contributed by atoms with Crippen LogP contribution >= 0.6 is 0 Å². The second-order valence-electron chi connectivity index (χ2n) is 10.1. The first kappa shape index (κ1) is 27.7. The van der Waals surface area contributed by atoms with Crippen molar-refractivity contribution in [1.82, 2.24) is 24.6 Å². The van der Waals surface area contributed by atoms with Crippen molar-refractivity contribution in [3.05, 3.63) is 55.0 Å². The van der Waals surface area contributed by atoms with Gasteiger partial charge in [-0.15, -0.1) is 0 Å². The largest absolute Gasteiger partial charge is 0.497 e. The lowest BCUT2D eigenvalue weighted by Gasteiger charge is -2.33. The Kier molecular flexibility index (Phi) is 8.11. The molecule has 11 heteroatoms. The number of hydrogen-bond acceptors (Lipinski definition) is 7. The van der Waals surface area contributed by atoms with E-state index in [1.807, 2.05) is 49.6 Å². The topological polar surface area (TPSA) is 68.5 Å². The fraction of sp³-hybridized carbons (Fsp3) is 0.414. The van der Waals surface area contributed by atoms with E-state index in [0.717, 1.165) is 40.1 Å². The molecule has 0 spiro atoms. The Bertz CT molecular complexity index is 1430. The van der Waals surface area contributed by atoms with Crippen LogP contribution in [-0.4, -0.2) is 71.2 Å². The van der Waals surface area contributed by atoms with Crippen LogP contribution in [-0.2, 0) is 7.05 Å². The summed E-state index contributed by atoms with van der Waals surface area (Å²) in [4.78, 5) is 13.7. The third-order valence-electron chi connectivity index (χ3n) is 7.39. The second-order valence-corrected chi connectivity index (χ2v) is 10.1. The van der Waals surface area contributed by atoms with Gasteiger partial charge in [-0.2, -0.15) is 18.3 Å². The first-order chi connectivity index (χ1) is 19.2. The first-order valence-corrected chi connectivity index (χ1v) is 13.3. The molecule has 0 aliphatic carbocycles. The second kappa shape index (κ2) is 11.7. The molecule has 4 aromatic rings. The van der Waals surface area contributed by atoms with Crippen molar-refractivity contribution in [3.8, 4) is 22.8 Å². The molecule has 212 valence electrons. The Labute approximate surface area is 231 Å². The lowest BCUT2D eigenvalue weighted by Crippen LogP contribution is -2.40. The van der Waals surface area contributed by atoms with Gasteiger partial charge in [0.2, 0.25) is 0 Å². The first-order valence-electron chi connectivity index (χ1n) is 13.3. The fourth-order valence-corrected chi connectivity index (χ4v) is 5.15. The maximum absolute atomic E-state index is 13.1. The summed E-state index contributed by atoms with van der Waals surface area (Å²) in [6.45, 7) is 2.26. The molecule has 0 N–H and O–H groups in total. The number of nitrogens with zero attached hydrogens (tertiary/aromatic N) is 6. The molecule has 1 aliphatic heterocycles. The molecule has 1 saturated heterocycles. The standard InChI is InChI=1S/C29H33F3N6O2/c1-36-19-20(17-34-36)28-18-33-26-6-5-22(15-27(26)35-28)38(23-13-24(39-2)16-25(14-23)40-3)10-4-9-37-11-7-21(8-12-37)29(30,31)32/h5-6,13-19,21H,4,7-12H2,1-3H3. The predicted molar refractivity (Wildman–Crippen MR) is 148 cm³/mol. The highest BCUT2D eigenvalue weighted by atomic mass is 19.4. The van der Waals surface area contributed by atoms with E-state index in [9.17, 15) is 13.2 Å². The number of hydrogen-bond donors (Lipinski definition) is 0. The molecule has 2 aromatic carbocycles. The molecule has 1 aliphatic rings. The molecular weight excluding hydrogens is 521 g/mol. The molecule has 3 heterocycles. The summed E-state index contributed by atoms with van der Waals surface area (Å²) in [5, 5.41) is 4.24. The SMILES string of the molecule is COc1cc(OC)cc(N(CCCN2CCC(C(F)(F)F)CC2)c2ccc3ncc(-c4cnn(C)c4)nc3c2)c1. The average Bonchev–Trinajstić information content (AvgIpc) is 3.40. The van der Waals surface area contributed by atoms with Crippen LogP contribution < -0.4 is 14.4 Å². The van der Waals surface area contributed by atoms with Crippen molar-refractivity contribution in [2.24, 2.45) is 13.0 Å². The van der Waals surface area contributed by atoms with Gasteiger partial charge in [-0.3, -0.25) is 9.67 Å². The number of aryl methyl sites for hydroxylation is 1. The van der Waals surface area contributed by atoms with E-state index in [2.05, 4.69) is 19.9 Å². The van der Waals surface area contributed by atoms with Gasteiger partial charge in [-0.25, -0.2) is 4.98 Å². The van der Waals surface area contributed by atoms with Crippen molar-refractivity contribution in [2.75, 3.05) is 45.3 Å². The van der Waals surface area contributed by atoms with E-state index >= 15 is 0 Å². The Balaban J connectivity index is 1.41. The highest BCUT2D eigenvalue weighted by molar-refractivity contribution is 5.82. The van der Waals surface area contributed by atoms with Gasteiger partial charge < -0.3 is 19.3 Å². The zero-order valence-corrected chi connectivity index (χ0v) is 22.9. The fourth-order valence-electron chi connectivity index (χ4n) is 5.15. The number of rotatable bonds is 9. The van der Waals surface area contributed by atoms with Crippen LogP contribution in [0.3, 0.4) is 0 Å². The molecule has 5 rings (SSSR count). The Morgan fingerprint density at radius 2 is 1.68 bits per heavy atom. The van der Waals surface area contributed by atoms with Gasteiger partial charge in [0.15, 0.2) is 0 Å². The third kappa shape index (κ3) is 6.30. The quantitative estimate of drug-likeness (QED) is 0.257. The third-order valence-corrected chi connectivity index (χ3v) is 7.39. The van der Waals surface area contributed by atoms with Crippen LogP contribution in [0.2, 0.25) is 0 Å². The summed E-state index contributed by atoms with van der Waals surface area (Å²) in [6, 6.07) is 11.7. The number of aromatic nitrogens is 4. The molecular formula is C29H33F3N6O2. The molecule has 40 heavy (non-hydrogen) atoms. The molecule has 0 amide bonds. The van der Waals surface area contributed by atoms with Crippen LogP contribution in [0.5, 0.6) is 11.5 Å². The molecule has 1 fully saturated rings. The van der Waals surface area contributed by atoms with Gasteiger partial charge in [0.1, 0.15) is 11.5 Å². The van der Waals surface area contributed by atoms with Crippen molar-refractivity contribution >= 4 is 22.4 Å². The molecule has 0 unspecified atom stereocenters. The maximum Gasteiger partial charge on any atom is 0.391 e. The number of alkyl halides is 3. The molecule has 0 atom stereocenters. The Morgan fingerprint density at radius 1 is 0.950 bits per heavy atom. The van der Waals surface area contributed by atoms with Gasteiger partial charge >= 0.3 is 6.18 Å².